The molecule has 2 heterocycles. The Morgan fingerprint density at radius 3 is 1.59 bits per heavy atom. The maximum Gasteiger partial charge on any atom is 0.130 e. The highest BCUT2D eigenvalue weighted by Gasteiger charge is 2.06. The van der Waals surface area contributed by atoms with Crippen LogP contribution in [-0.4, -0.2) is 56.7 Å². The van der Waals surface area contributed by atoms with Crippen molar-refractivity contribution in [2.24, 2.45) is 9.98 Å². The van der Waals surface area contributed by atoms with Crippen LogP contribution in [0.1, 0.15) is 22.5 Å². The van der Waals surface area contributed by atoms with Crippen molar-refractivity contribution in [1.29, 1.82) is 0 Å². The smallest absolute Gasteiger partial charge is 0.130 e. The summed E-state index contributed by atoms with van der Waals surface area (Å²) in [5.74, 6) is 1.58. The first-order chi connectivity index (χ1) is 16.9. The van der Waals surface area contributed by atoms with Gasteiger partial charge in [0.1, 0.15) is 24.7 Å². The minimum absolute atomic E-state index is 0.372. The molecule has 2 aromatic carbocycles. The van der Waals surface area contributed by atoms with E-state index in [4.69, 9.17) is 14.5 Å². The highest BCUT2D eigenvalue weighted by atomic mass is 16.5. The third kappa shape index (κ3) is 7.50. The second-order valence-electron chi connectivity index (χ2n) is 7.84. The van der Waals surface area contributed by atoms with Gasteiger partial charge in [0.05, 0.1) is 24.5 Å². The van der Waals surface area contributed by atoms with Crippen molar-refractivity contribution in [3.8, 4) is 11.5 Å². The Kier molecular flexibility index (Phi) is 9.18. The second kappa shape index (κ2) is 13.2. The number of aliphatic imine (C=N–C) groups is 2. The summed E-state index contributed by atoms with van der Waals surface area (Å²) >= 11 is 0. The predicted octanol–water partition coefficient (Wildman–Crippen LogP) is 3.27. The van der Waals surface area contributed by atoms with E-state index in [0.29, 0.717) is 26.3 Å². The van der Waals surface area contributed by atoms with Crippen LogP contribution in [0.15, 0.2) is 76.7 Å². The molecule has 176 valence electrons. The van der Waals surface area contributed by atoms with Gasteiger partial charge in [0.15, 0.2) is 0 Å². The number of nitrogens with one attached hydrogen (secondary N) is 2. The quantitative estimate of drug-likeness (QED) is 0.542. The van der Waals surface area contributed by atoms with Crippen molar-refractivity contribution >= 4 is 12.4 Å². The molecule has 1 aromatic heterocycles. The molecule has 0 radical (unpaired) electrons. The molecular weight excluding hydrogens is 426 g/mol. The van der Waals surface area contributed by atoms with Gasteiger partial charge in [-0.2, -0.15) is 0 Å². The summed E-state index contributed by atoms with van der Waals surface area (Å²) in [7, 11) is 0. The van der Waals surface area contributed by atoms with E-state index in [2.05, 4.69) is 20.6 Å². The largest absolute Gasteiger partial charge is 0.487 e. The summed E-state index contributed by atoms with van der Waals surface area (Å²) in [5.41, 5.74) is 3.60. The number of ether oxygens (including phenoxy) is 2. The molecule has 3 aromatic rings. The Labute approximate surface area is 201 Å². The highest BCUT2D eigenvalue weighted by molar-refractivity contribution is 5.84. The van der Waals surface area contributed by atoms with Crippen molar-refractivity contribution in [3.63, 3.8) is 0 Å². The molecule has 7 nitrogen and oxygen atoms in total. The van der Waals surface area contributed by atoms with E-state index in [-0.39, 0.29) is 0 Å². The molecule has 4 rings (SSSR count). The summed E-state index contributed by atoms with van der Waals surface area (Å²) in [6.45, 7) is 5.60. The van der Waals surface area contributed by atoms with Gasteiger partial charge in [0, 0.05) is 49.7 Å². The number of hydrogen-bond donors (Lipinski definition) is 2. The molecule has 0 aliphatic carbocycles. The summed E-state index contributed by atoms with van der Waals surface area (Å²) in [5, 5.41) is 6.80. The third-order valence-corrected chi connectivity index (χ3v) is 5.23. The number of nitrogens with zero attached hydrogens (tertiary/aromatic N) is 3. The number of benzene rings is 2. The maximum atomic E-state index is 6.07. The van der Waals surface area contributed by atoms with Crippen LogP contribution in [-0.2, 0) is 13.2 Å². The van der Waals surface area contributed by atoms with Gasteiger partial charge in [0.25, 0.3) is 0 Å². The van der Waals surface area contributed by atoms with E-state index in [1.165, 1.54) is 0 Å². The molecule has 0 unspecified atom stereocenters. The topological polar surface area (TPSA) is 80.1 Å². The van der Waals surface area contributed by atoms with Gasteiger partial charge in [-0.25, -0.2) is 0 Å². The number of hydrogen-bond acceptors (Lipinski definition) is 7. The van der Waals surface area contributed by atoms with Crippen LogP contribution in [0.4, 0.5) is 0 Å². The molecule has 0 fully saturated rings. The zero-order valence-corrected chi connectivity index (χ0v) is 19.3. The van der Waals surface area contributed by atoms with Gasteiger partial charge >= 0.3 is 0 Å². The maximum absolute atomic E-state index is 6.07. The van der Waals surface area contributed by atoms with E-state index in [0.717, 1.165) is 60.2 Å². The molecule has 1 aliphatic heterocycles. The average molecular weight is 458 g/mol. The Morgan fingerprint density at radius 2 is 1.06 bits per heavy atom. The third-order valence-electron chi connectivity index (χ3n) is 5.23. The lowest BCUT2D eigenvalue weighted by Crippen LogP contribution is -2.30. The molecule has 0 saturated heterocycles. The first kappa shape index (κ1) is 23.6. The molecule has 0 atom stereocenters. The average Bonchev–Trinajstić information content (AvgIpc) is 2.88. The summed E-state index contributed by atoms with van der Waals surface area (Å²) in [4.78, 5) is 13.8. The van der Waals surface area contributed by atoms with E-state index in [1.54, 1.807) is 0 Å². The van der Waals surface area contributed by atoms with E-state index in [1.807, 2.05) is 79.2 Å². The zero-order chi connectivity index (χ0) is 23.3. The Hall–Kier alpha value is -3.55. The van der Waals surface area contributed by atoms with Crippen LogP contribution < -0.4 is 20.1 Å². The lowest BCUT2D eigenvalue weighted by atomic mass is 10.2. The minimum atomic E-state index is 0.372. The number of rotatable bonds is 0. The number of pyridine rings is 1. The highest BCUT2D eigenvalue weighted by Crippen LogP contribution is 2.19. The minimum Gasteiger partial charge on any atom is -0.487 e. The molecule has 1 aliphatic rings. The fraction of sp³-hybridized carbons (Fsp3) is 0.296. The fourth-order valence-electron chi connectivity index (χ4n) is 3.47. The molecule has 2 N–H and O–H groups in total. The van der Waals surface area contributed by atoms with Crippen molar-refractivity contribution in [2.75, 3.05) is 39.3 Å². The Balaban J connectivity index is 1.48. The lowest BCUT2D eigenvalue weighted by Gasteiger charge is -2.11. The van der Waals surface area contributed by atoms with Gasteiger partial charge in [-0.1, -0.05) is 30.3 Å². The number of para-hydroxylation sites is 2. The van der Waals surface area contributed by atoms with Gasteiger partial charge in [-0.15, -0.1) is 0 Å². The normalized spacial score (nSPS) is 15.9. The van der Waals surface area contributed by atoms with E-state index < -0.39 is 0 Å². The molecule has 2 bridgehead atoms. The predicted molar refractivity (Wildman–Crippen MR) is 136 cm³/mol. The first-order valence-corrected chi connectivity index (χ1v) is 11.7. The SMILES string of the molecule is C1=NCCNCCNCCN=Cc2ccccc2OCc2cccc(n2)COc2ccccc21. The summed E-state index contributed by atoms with van der Waals surface area (Å²) in [6, 6.07) is 21.7. The van der Waals surface area contributed by atoms with Gasteiger partial charge in [-0.3, -0.25) is 15.0 Å². The number of aromatic nitrogens is 1. The standard InChI is InChI=1S/C27H31N5O2/c1-3-10-26-22(6-1)18-30-16-14-28-12-13-29-15-17-31-19-23-7-2-4-11-27(23)34-21-25-9-5-8-24(32-25)20-33-26/h1-11,18-19,28-29H,12-17,20-21H2. The van der Waals surface area contributed by atoms with Crippen molar-refractivity contribution < 1.29 is 9.47 Å². The first-order valence-electron chi connectivity index (χ1n) is 11.7. The van der Waals surface area contributed by atoms with Gasteiger partial charge in [-0.05, 0) is 36.4 Å². The van der Waals surface area contributed by atoms with Crippen LogP contribution in [0.25, 0.3) is 0 Å². The summed E-state index contributed by atoms with van der Waals surface area (Å²) < 4.78 is 12.1. The summed E-state index contributed by atoms with van der Waals surface area (Å²) in [6.07, 6.45) is 3.75. The van der Waals surface area contributed by atoms with Crippen LogP contribution in [0, 0.1) is 0 Å². The van der Waals surface area contributed by atoms with Crippen LogP contribution >= 0.6 is 0 Å². The molecule has 7 heteroatoms. The van der Waals surface area contributed by atoms with E-state index in [9.17, 15) is 0 Å². The molecule has 0 spiro atoms. The van der Waals surface area contributed by atoms with Crippen LogP contribution in [0.3, 0.4) is 0 Å². The van der Waals surface area contributed by atoms with Crippen LogP contribution in [0.2, 0.25) is 0 Å². The monoisotopic (exact) mass is 457 g/mol. The van der Waals surface area contributed by atoms with Crippen molar-refractivity contribution in [2.45, 2.75) is 13.2 Å². The molecule has 0 saturated carbocycles. The Bertz CT molecular complexity index is 1020. The lowest BCUT2D eigenvalue weighted by molar-refractivity contribution is 0.290. The van der Waals surface area contributed by atoms with Gasteiger partial charge < -0.3 is 20.1 Å². The Morgan fingerprint density at radius 1 is 0.559 bits per heavy atom. The van der Waals surface area contributed by atoms with Crippen molar-refractivity contribution in [1.82, 2.24) is 15.6 Å². The van der Waals surface area contributed by atoms with Gasteiger partial charge in [0.2, 0.25) is 0 Å². The van der Waals surface area contributed by atoms with Crippen LogP contribution in [0.5, 0.6) is 11.5 Å². The fourth-order valence-corrected chi connectivity index (χ4v) is 3.47. The molecule has 34 heavy (non-hydrogen) atoms. The zero-order valence-electron chi connectivity index (χ0n) is 19.3. The van der Waals surface area contributed by atoms with Crippen molar-refractivity contribution in [3.05, 3.63) is 89.2 Å². The number of fused-ring (bicyclic) bond motifs is 4. The molecule has 0 amide bonds. The van der Waals surface area contributed by atoms with E-state index >= 15 is 0 Å². The molecular formula is C27H31N5O2. The second-order valence-corrected chi connectivity index (χ2v) is 7.84.